The molecule has 0 saturated heterocycles. The third-order valence-electron chi connectivity index (χ3n) is 2.37. The molecule has 0 aliphatic heterocycles. The minimum atomic E-state index is -0.242. The zero-order valence-electron chi connectivity index (χ0n) is 10.5. The smallest absolute Gasteiger partial charge is 0.0618 e. The lowest BCUT2D eigenvalue weighted by atomic mass is 10.1. The van der Waals surface area contributed by atoms with Gasteiger partial charge in [-0.3, -0.25) is 0 Å². The highest BCUT2D eigenvalue weighted by Crippen LogP contribution is 2.29. The second kappa shape index (κ2) is 6.78. The van der Waals surface area contributed by atoms with Gasteiger partial charge in [-0.25, -0.2) is 0 Å². The fourth-order valence-corrected chi connectivity index (χ4v) is 3.29. The molecule has 1 atom stereocenters. The van der Waals surface area contributed by atoms with E-state index in [1.807, 2.05) is 18.2 Å². The van der Waals surface area contributed by atoms with E-state index in [1.54, 1.807) is 11.8 Å². The van der Waals surface area contributed by atoms with Gasteiger partial charge in [-0.2, -0.15) is 0 Å². The molecule has 0 amide bonds. The number of hydrogen-bond donors (Lipinski definition) is 2. The van der Waals surface area contributed by atoms with Crippen molar-refractivity contribution in [3.8, 4) is 0 Å². The maximum Gasteiger partial charge on any atom is 0.0618 e. The molecular weight excluding hydrogens is 298 g/mol. The van der Waals surface area contributed by atoms with Gasteiger partial charge in [0.1, 0.15) is 0 Å². The molecule has 1 unspecified atom stereocenters. The first kappa shape index (κ1) is 15.0. The maximum atomic E-state index is 9.49. The first-order chi connectivity index (χ1) is 7.97. The molecule has 2 N–H and O–H groups in total. The molecule has 4 heteroatoms. The number of hydrogen-bond acceptors (Lipinski definition) is 3. The summed E-state index contributed by atoms with van der Waals surface area (Å²) in [4.78, 5) is 1.21. The second-order valence-corrected chi connectivity index (χ2v) is 6.61. The Balaban J connectivity index is 2.62. The Bertz CT molecular complexity index is 359. The molecule has 0 heterocycles. The molecule has 96 valence electrons. The van der Waals surface area contributed by atoms with Crippen LogP contribution in [0.25, 0.3) is 0 Å². The van der Waals surface area contributed by atoms with Gasteiger partial charge >= 0.3 is 0 Å². The molecule has 0 aliphatic carbocycles. The number of halogens is 1. The van der Waals surface area contributed by atoms with E-state index in [-0.39, 0.29) is 12.1 Å². The SMILES string of the molecule is CC(C)NC(C)(CO)CSc1ccccc1Br. The lowest BCUT2D eigenvalue weighted by Gasteiger charge is -2.30. The third-order valence-corrected chi connectivity index (χ3v) is 4.77. The van der Waals surface area contributed by atoms with Crippen LogP contribution in [-0.2, 0) is 0 Å². The van der Waals surface area contributed by atoms with Crippen LogP contribution >= 0.6 is 27.7 Å². The summed E-state index contributed by atoms with van der Waals surface area (Å²) in [7, 11) is 0. The Hall–Kier alpha value is -0.0300. The van der Waals surface area contributed by atoms with Gasteiger partial charge in [0.2, 0.25) is 0 Å². The Kier molecular flexibility index (Phi) is 6.00. The molecule has 0 radical (unpaired) electrons. The highest BCUT2D eigenvalue weighted by molar-refractivity contribution is 9.10. The van der Waals surface area contributed by atoms with Crippen LogP contribution in [-0.4, -0.2) is 29.0 Å². The second-order valence-electron chi connectivity index (χ2n) is 4.74. The van der Waals surface area contributed by atoms with Crippen molar-refractivity contribution in [3.05, 3.63) is 28.7 Å². The normalized spacial score (nSPS) is 14.9. The van der Waals surface area contributed by atoms with Crippen molar-refractivity contribution < 1.29 is 5.11 Å². The molecule has 1 aromatic carbocycles. The van der Waals surface area contributed by atoms with E-state index in [0.29, 0.717) is 6.04 Å². The zero-order chi connectivity index (χ0) is 12.9. The lowest BCUT2D eigenvalue weighted by Crippen LogP contribution is -2.51. The average Bonchev–Trinajstić information content (AvgIpc) is 2.27. The monoisotopic (exact) mass is 317 g/mol. The summed E-state index contributed by atoms with van der Waals surface area (Å²) in [6.07, 6.45) is 0. The summed E-state index contributed by atoms with van der Waals surface area (Å²) in [6.45, 7) is 6.38. The fraction of sp³-hybridized carbons (Fsp3) is 0.538. The van der Waals surface area contributed by atoms with Crippen molar-refractivity contribution in [2.75, 3.05) is 12.4 Å². The fourth-order valence-electron chi connectivity index (χ4n) is 1.63. The predicted octanol–water partition coefficient (Wildman–Crippen LogP) is 3.29. The van der Waals surface area contributed by atoms with Gasteiger partial charge in [0, 0.05) is 26.7 Å². The van der Waals surface area contributed by atoms with Crippen LogP contribution in [0, 0.1) is 0 Å². The van der Waals surface area contributed by atoms with Crippen molar-refractivity contribution in [3.63, 3.8) is 0 Å². The summed E-state index contributed by atoms with van der Waals surface area (Å²) >= 11 is 5.28. The lowest BCUT2D eigenvalue weighted by molar-refractivity contribution is 0.183. The van der Waals surface area contributed by atoms with Crippen LogP contribution in [0.15, 0.2) is 33.6 Å². The molecule has 0 aromatic heterocycles. The van der Waals surface area contributed by atoms with Gasteiger partial charge in [0.25, 0.3) is 0 Å². The van der Waals surface area contributed by atoms with Gasteiger partial charge in [-0.05, 0) is 35.0 Å². The summed E-state index contributed by atoms with van der Waals surface area (Å²) in [6, 6.07) is 8.52. The average molecular weight is 318 g/mol. The first-order valence-corrected chi connectivity index (χ1v) is 7.50. The van der Waals surface area contributed by atoms with Crippen LogP contribution in [0.5, 0.6) is 0 Å². The highest BCUT2D eigenvalue weighted by atomic mass is 79.9. The molecule has 1 aromatic rings. The standard InChI is InChI=1S/C13H20BrNOS/c1-10(2)15-13(3,8-16)9-17-12-7-5-4-6-11(12)14/h4-7,10,15-16H,8-9H2,1-3H3. The molecule has 0 saturated carbocycles. The predicted molar refractivity (Wildman–Crippen MR) is 78.6 cm³/mol. The maximum absolute atomic E-state index is 9.49. The molecule has 0 fully saturated rings. The number of thioether (sulfide) groups is 1. The van der Waals surface area contributed by atoms with Crippen molar-refractivity contribution in [1.29, 1.82) is 0 Å². The molecule has 0 bridgehead atoms. The van der Waals surface area contributed by atoms with E-state index >= 15 is 0 Å². The van der Waals surface area contributed by atoms with E-state index < -0.39 is 0 Å². The summed E-state index contributed by atoms with van der Waals surface area (Å²) in [5.41, 5.74) is -0.242. The molecule has 1 rings (SSSR count). The highest BCUT2D eigenvalue weighted by Gasteiger charge is 2.24. The van der Waals surface area contributed by atoms with Gasteiger partial charge in [0.15, 0.2) is 0 Å². The van der Waals surface area contributed by atoms with E-state index in [2.05, 4.69) is 48.1 Å². The third kappa shape index (κ3) is 5.00. The minimum absolute atomic E-state index is 0.142. The largest absolute Gasteiger partial charge is 0.394 e. The quantitative estimate of drug-likeness (QED) is 0.790. The summed E-state index contributed by atoms with van der Waals surface area (Å²) in [5.74, 6) is 0.838. The van der Waals surface area contributed by atoms with Crippen LogP contribution < -0.4 is 5.32 Å². The number of benzene rings is 1. The molecule has 2 nitrogen and oxygen atoms in total. The molecule has 0 aliphatic rings. The van der Waals surface area contributed by atoms with Gasteiger partial charge in [-0.1, -0.05) is 26.0 Å². The number of nitrogens with one attached hydrogen (secondary N) is 1. The van der Waals surface area contributed by atoms with Crippen molar-refractivity contribution >= 4 is 27.7 Å². The number of aliphatic hydroxyl groups is 1. The van der Waals surface area contributed by atoms with E-state index in [4.69, 9.17) is 0 Å². The molecular formula is C13H20BrNOS. The summed E-state index contributed by atoms with van der Waals surface area (Å²) < 4.78 is 1.11. The molecule has 17 heavy (non-hydrogen) atoms. The number of aliphatic hydroxyl groups excluding tert-OH is 1. The van der Waals surface area contributed by atoms with Crippen LogP contribution in [0.3, 0.4) is 0 Å². The zero-order valence-corrected chi connectivity index (χ0v) is 12.9. The summed E-state index contributed by atoms with van der Waals surface area (Å²) in [5, 5.41) is 12.9. The first-order valence-electron chi connectivity index (χ1n) is 5.73. The Morgan fingerprint density at radius 2 is 2.06 bits per heavy atom. The topological polar surface area (TPSA) is 32.3 Å². The number of rotatable bonds is 6. The van der Waals surface area contributed by atoms with Crippen molar-refractivity contribution in [2.24, 2.45) is 0 Å². The Labute approximate surface area is 116 Å². The van der Waals surface area contributed by atoms with Gasteiger partial charge in [-0.15, -0.1) is 11.8 Å². The van der Waals surface area contributed by atoms with E-state index in [1.165, 1.54) is 4.90 Å². The van der Waals surface area contributed by atoms with E-state index in [0.717, 1.165) is 10.2 Å². The van der Waals surface area contributed by atoms with Crippen LogP contribution in [0.2, 0.25) is 0 Å². The van der Waals surface area contributed by atoms with Crippen molar-refractivity contribution in [2.45, 2.75) is 37.2 Å². The Morgan fingerprint density at radius 1 is 1.41 bits per heavy atom. The van der Waals surface area contributed by atoms with Gasteiger partial charge in [0.05, 0.1) is 6.61 Å². The van der Waals surface area contributed by atoms with Crippen LogP contribution in [0.4, 0.5) is 0 Å². The molecule has 0 spiro atoms. The minimum Gasteiger partial charge on any atom is -0.394 e. The van der Waals surface area contributed by atoms with Crippen LogP contribution in [0.1, 0.15) is 20.8 Å². The van der Waals surface area contributed by atoms with Crippen molar-refractivity contribution in [1.82, 2.24) is 5.32 Å². The van der Waals surface area contributed by atoms with Gasteiger partial charge < -0.3 is 10.4 Å². The Morgan fingerprint density at radius 3 is 2.59 bits per heavy atom. The van der Waals surface area contributed by atoms with E-state index in [9.17, 15) is 5.11 Å².